The second-order valence-corrected chi connectivity index (χ2v) is 13.8. The third kappa shape index (κ3) is 6.24. The third-order valence-corrected chi connectivity index (χ3v) is 9.36. The number of alkyl halides is 2. The van der Waals surface area contributed by atoms with Crippen LogP contribution in [-0.4, -0.2) is 36.6 Å². The zero-order valence-electron chi connectivity index (χ0n) is 20.5. The summed E-state index contributed by atoms with van der Waals surface area (Å²) in [5.41, 5.74) is -2.67. The molecule has 0 fully saturated rings. The Morgan fingerprint density at radius 2 is 1.77 bits per heavy atom. The van der Waals surface area contributed by atoms with Gasteiger partial charge in [-0.3, -0.25) is 4.57 Å². The van der Waals surface area contributed by atoms with E-state index in [4.69, 9.17) is 19.5 Å². The highest BCUT2D eigenvalue weighted by atomic mass is 79.9. The highest BCUT2D eigenvalue weighted by Gasteiger charge is 2.51. The number of hydrogen-bond acceptors (Lipinski definition) is 7. The molecule has 206 valence electrons. The minimum atomic E-state index is -5.74. The fourth-order valence-electron chi connectivity index (χ4n) is 3.74. The van der Waals surface area contributed by atoms with Gasteiger partial charge in [0, 0.05) is 27.2 Å². The molecule has 3 aromatic carbocycles. The van der Waals surface area contributed by atoms with Crippen molar-refractivity contribution in [3.05, 3.63) is 87.7 Å². The van der Waals surface area contributed by atoms with Crippen molar-refractivity contribution in [1.82, 2.24) is 4.98 Å². The first kappa shape index (κ1) is 29.3. The summed E-state index contributed by atoms with van der Waals surface area (Å²) in [6, 6.07) is 17.3. The smallest absolute Gasteiger partial charge is 0.399 e. The van der Waals surface area contributed by atoms with Crippen molar-refractivity contribution in [3.63, 3.8) is 0 Å². The Labute approximate surface area is 236 Å². The Kier molecular flexibility index (Phi) is 8.32. The van der Waals surface area contributed by atoms with Gasteiger partial charge in [-0.1, -0.05) is 52.3 Å². The lowest BCUT2D eigenvalue weighted by Crippen LogP contribution is -2.18. The molecule has 1 heterocycles. The van der Waals surface area contributed by atoms with Gasteiger partial charge in [0.15, 0.2) is 15.0 Å². The van der Waals surface area contributed by atoms with Crippen molar-refractivity contribution in [2.45, 2.75) is 17.1 Å². The molecule has 39 heavy (non-hydrogen) atoms. The number of aromatic nitrogens is 1. The highest BCUT2D eigenvalue weighted by Crippen LogP contribution is 2.60. The number of anilines is 2. The van der Waals surface area contributed by atoms with Crippen LogP contribution in [0, 0.1) is 0 Å². The summed E-state index contributed by atoms with van der Waals surface area (Å²) in [4.78, 5) is 25.0. The molecule has 2 N–H and O–H groups in total. The molecule has 4 rings (SSSR count). The van der Waals surface area contributed by atoms with Gasteiger partial charge in [0.1, 0.15) is 5.75 Å². The van der Waals surface area contributed by atoms with Gasteiger partial charge in [-0.05, 0) is 35.9 Å². The maximum atomic E-state index is 14.3. The normalized spacial score (nSPS) is 12.4. The second kappa shape index (κ2) is 11.1. The highest BCUT2D eigenvalue weighted by molar-refractivity contribution is 9.10. The van der Waals surface area contributed by atoms with Crippen LogP contribution in [0.2, 0.25) is 0 Å². The Hall–Kier alpha value is -2.67. The van der Waals surface area contributed by atoms with Crippen molar-refractivity contribution in [3.8, 4) is 17.0 Å². The van der Waals surface area contributed by atoms with Crippen LogP contribution in [0.25, 0.3) is 11.3 Å². The van der Waals surface area contributed by atoms with Crippen molar-refractivity contribution in [2.75, 3.05) is 18.3 Å². The molecule has 0 unspecified atom stereocenters. The fourth-order valence-corrected chi connectivity index (χ4v) is 6.56. The molecule has 0 bridgehead atoms. The zero-order valence-corrected chi connectivity index (χ0v) is 24.6. The molecular formula is C25H22BrF2N2O6PS2. The number of nitrogens with zero attached hydrogens (tertiary/aromatic N) is 2. The number of ether oxygens (including phenoxy) is 1. The first-order valence-electron chi connectivity index (χ1n) is 11.1. The molecule has 0 aliphatic heterocycles. The number of methoxy groups -OCH3 is 1. The Morgan fingerprint density at radius 1 is 1.10 bits per heavy atom. The molecule has 0 amide bonds. The quantitative estimate of drug-likeness (QED) is 0.195. The van der Waals surface area contributed by atoms with E-state index in [2.05, 4.69) is 15.9 Å². The second-order valence-electron chi connectivity index (χ2n) is 8.47. The molecule has 0 saturated carbocycles. The van der Waals surface area contributed by atoms with Crippen molar-refractivity contribution in [2.24, 2.45) is 0 Å². The Morgan fingerprint density at radius 3 is 2.36 bits per heavy atom. The van der Waals surface area contributed by atoms with Crippen LogP contribution in [-0.2, 0) is 26.6 Å². The largest absolute Gasteiger partial charge is 0.495 e. The van der Waals surface area contributed by atoms with E-state index in [-0.39, 0.29) is 15.9 Å². The van der Waals surface area contributed by atoms with E-state index < -0.39 is 28.7 Å². The Balaban J connectivity index is 1.73. The number of thiazole rings is 1. The summed E-state index contributed by atoms with van der Waals surface area (Å²) >= 11 is 4.35. The van der Waals surface area contributed by atoms with Gasteiger partial charge >= 0.3 is 13.3 Å². The summed E-state index contributed by atoms with van der Waals surface area (Å²) in [6.45, 7) is 0.153. The molecule has 0 aliphatic carbocycles. The van der Waals surface area contributed by atoms with Crippen molar-refractivity contribution >= 4 is 55.5 Å². The van der Waals surface area contributed by atoms with Crippen LogP contribution in [0.15, 0.2) is 81.5 Å². The topological polar surface area (TPSA) is 117 Å². The molecule has 1 aromatic heterocycles. The lowest BCUT2D eigenvalue weighted by molar-refractivity contribution is 0.0557. The first-order chi connectivity index (χ1) is 18.2. The van der Waals surface area contributed by atoms with Gasteiger partial charge in [0.2, 0.25) is 0 Å². The molecule has 8 nitrogen and oxygen atoms in total. The lowest BCUT2D eigenvalue weighted by atomic mass is 10.1. The van der Waals surface area contributed by atoms with Crippen LogP contribution < -0.4 is 9.64 Å². The lowest BCUT2D eigenvalue weighted by Gasteiger charge is -2.25. The van der Waals surface area contributed by atoms with Crippen LogP contribution in [0.4, 0.5) is 19.6 Å². The monoisotopic (exact) mass is 658 g/mol. The summed E-state index contributed by atoms with van der Waals surface area (Å²) in [5, 5.41) is 2.36. The summed E-state index contributed by atoms with van der Waals surface area (Å²) in [7, 11) is -7.57. The average molecular weight is 659 g/mol. The van der Waals surface area contributed by atoms with Gasteiger partial charge < -0.3 is 19.4 Å². The summed E-state index contributed by atoms with van der Waals surface area (Å²) < 4.78 is 69.0. The van der Waals surface area contributed by atoms with Gasteiger partial charge in [0.05, 0.1) is 29.9 Å². The standard InChI is InChI=1S/C25H22BrF2N2O6PS2/c1-36-23-6-4-3-5-22(23)30(14-16-7-12-19(20(26)13-16)25(27,28)37(31,32)33)24-29-21(15-38-24)17-8-10-18(11-9-17)39(2,34)35/h3-13,15H,14H2,1-2H3,(H2,31,32,33). The van der Waals surface area contributed by atoms with E-state index in [9.17, 15) is 21.8 Å². The molecule has 14 heteroatoms. The predicted molar refractivity (Wildman–Crippen MR) is 150 cm³/mol. The summed E-state index contributed by atoms with van der Waals surface area (Å²) in [5.74, 6) is 0.537. The summed E-state index contributed by atoms with van der Waals surface area (Å²) in [6.07, 6.45) is 1.13. The maximum absolute atomic E-state index is 14.3. The predicted octanol–water partition coefficient (Wildman–Crippen LogP) is 6.55. The van der Waals surface area contributed by atoms with E-state index in [1.807, 2.05) is 22.4 Å². The van der Waals surface area contributed by atoms with Crippen molar-refractivity contribution in [1.29, 1.82) is 0 Å². The first-order valence-corrected chi connectivity index (χ1v) is 16.3. The van der Waals surface area contributed by atoms with Crippen LogP contribution in [0.1, 0.15) is 11.1 Å². The molecule has 4 aromatic rings. The fraction of sp³-hybridized carbons (Fsp3) is 0.160. The molecule has 0 aliphatic rings. The van der Waals surface area contributed by atoms with E-state index in [0.717, 1.165) is 12.3 Å². The van der Waals surface area contributed by atoms with Crippen LogP contribution in [0.5, 0.6) is 5.75 Å². The molecular weight excluding hydrogens is 637 g/mol. The number of benzene rings is 3. The Bertz CT molecular complexity index is 1660. The minimum absolute atomic E-state index is 0.153. The number of hydrogen-bond donors (Lipinski definition) is 2. The van der Waals surface area contributed by atoms with Gasteiger partial charge in [-0.15, -0.1) is 11.3 Å². The van der Waals surface area contributed by atoms with Crippen LogP contribution in [0.3, 0.4) is 0 Å². The van der Waals surface area contributed by atoms with E-state index in [1.165, 1.54) is 42.7 Å². The van der Waals surface area contributed by atoms with E-state index in [0.29, 0.717) is 33.4 Å². The molecule has 0 saturated heterocycles. The van der Waals surface area contributed by atoms with E-state index in [1.54, 1.807) is 24.3 Å². The van der Waals surface area contributed by atoms with Gasteiger partial charge in [-0.2, -0.15) is 8.78 Å². The third-order valence-electron chi connectivity index (χ3n) is 5.74. The minimum Gasteiger partial charge on any atom is -0.495 e. The van der Waals surface area contributed by atoms with Gasteiger partial charge in [-0.25, -0.2) is 13.4 Å². The SMILES string of the molecule is COc1ccccc1N(Cc1ccc(C(F)(F)P(=O)(O)O)c(Br)c1)c1nc(-c2ccc(S(C)(=O)=O)cc2)cs1. The maximum Gasteiger partial charge on any atom is 0.399 e. The van der Waals surface area contributed by atoms with Gasteiger partial charge in [0.25, 0.3) is 0 Å². The average Bonchev–Trinajstić information content (AvgIpc) is 3.36. The molecule has 0 atom stereocenters. The number of sulfone groups is 1. The molecule has 0 radical (unpaired) electrons. The van der Waals surface area contributed by atoms with E-state index >= 15 is 0 Å². The van der Waals surface area contributed by atoms with Crippen LogP contribution >= 0.6 is 34.9 Å². The van der Waals surface area contributed by atoms with Crippen molar-refractivity contribution < 1.29 is 36.3 Å². The molecule has 0 spiro atoms. The number of para-hydroxylation sites is 2. The number of rotatable bonds is 9. The zero-order chi connectivity index (χ0) is 28.6. The number of halogens is 3.